The third-order valence-corrected chi connectivity index (χ3v) is 5.52. The molecule has 0 aromatic heterocycles. The van der Waals surface area contributed by atoms with E-state index in [2.05, 4.69) is 4.99 Å². The van der Waals surface area contributed by atoms with E-state index in [0.717, 1.165) is 35.1 Å². The van der Waals surface area contributed by atoms with Gasteiger partial charge in [0.1, 0.15) is 5.82 Å². The fourth-order valence-corrected chi connectivity index (χ4v) is 3.75. The predicted molar refractivity (Wildman–Crippen MR) is 104 cm³/mol. The lowest BCUT2D eigenvalue weighted by Gasteiger charge is -2.28. The van der Waals surface area contributed by atoms with Crippen LogP contribution in [-0.4, -0.2) is 29.8 Å². The van der Waals surface area contributed by atoms with Crippen molar-refractivity contribution < 1.29 is 9.18 Å². The number of hydrogen-bond donors (Lipinski definition) is 0. The molecule has 0 unspecified atom stereocenters. The summed E-state index contributed by atoms with van der Waals surface area (Å²) in [6, 6.07) is 11.3. The van der Waals surface area contributed by atoms with Crippen LogP contribution >= 0.6 is 23.4 Å². The van der Waals surface area contributed by atoms with Gasteiger partial charge in [0.2, 0.25) is 0 Å². The highest BCUT2D eigenvalue weighted by atomic mass is 35.5. The van der Waals surface area contributed by atoms with Gasteiger partial charge in [-0.25, -0.2) is 4.39 Å². The van der Waals surface area contributed by atoms with Crippen molar-refractivity contribution in [1.82, 2.24) is 0 Å². The number of Topliss-reactive ketones (excluding diaryl/α,β-unsaturated/α-hetero) is 1. The Bertz CT molecular complexity index is 808. The van der Waals surface area contributed by atoms with Crippen molar-refractivity contribution in [1.29, 1.82) is 0 Å². The highest BCUT2D eigenvalue weighted by Crippen LogP contribution is 2.30. The lowest BCUT2D eigenvalue weighted by atomic mass is 10.1. The summed E-state index contributed by atoms with van der Waals surface area (Å²) in [5.74, 6) is 0.527. The molecule has 25 heavy (non-hydrogen) atoms. The van der Waals surface area contributed by atoms with Crippen LogP contribution in [0.3, 0.4) is 0 Å². The lowest BCUT2D eigenvalue weighted by Crippen LogP contribution is -2.36. The number of nitrogens with zero attached hydrogens (tertiary/aromatic N) is 2. The van der Waals surface area contributed by atoms with E-state index in [1.54, 1.807) is 11.8 Å². The average molecular weight is 377 g/mol. The van der Waals surface area contributed by atoms with Crippen LogP contribution < -0.4 is 4.90 Å². The largest absolute Gasteiger partial charge is 0.313 e. The number of amidine groups is 1. The number of hydrogen-bond acceptors (Lipinski definition) is 4. The Labute approximate surface area is 155 Å². The Morgan fingerprint density at radius 2 is 2.04 bits per heavy atom. The third-order valence-electron chi connectivity index (χ3n) is 4.01. The molecule has 0 saturated carbocycles. The SMILES string of the molecule is Cc1c(Cl)cccc1N(CC(=O)c1ccc(F)cc1)C1=NCCCS1. The molecule has 3 nitrogen and oxygen atoms in total. The summed E-state index contributed by atoms with van der Waals surface area (Å²) in [5, 5.41) is 1.48. The maximum Gasteiger partial charge on any atom is 0.182 e. The van der Waals surface area contributed by atoms with E-state index in [1.807, 2.05) is 30.0 Å². The maximum absolute atomic E-state index is 13.1. The summed E-state index contributed by atoms with van der Waals surface area (Å²) in [7, 11) is 0. The van der Waals surface area contributed by atoms with E-state index in [0.29, 0.717) is 10.6 Å². The Morgan fingerprint density at radius 1 is 1.28 bits per heavy atom. The van der Waals surface area contributed by atoms with Gasteiger partial charge in [0.05, 0.1) is 6.54 Å². The molecule has 2 aromatic rings. The van der Waals surface area contributed by atoms with Crippen LogP contribution in [0.2, 0.25) is 5.02 Å². The van der Waals surface area contributed by atoms with Gasteiger partial charge >= 0.3 is 0 Å². The van der Waals surface area contributed by atoms with Crippen molar-refractivity contribution in [3.8, 4) is 0 Å². The summed E-state index contributed by atoms with van der Waals surface area (Å²) >= 11 is 7.91. The van der Waals surface area contributed by atoms with Crippen LogP contribution in [0.5, 0.6) is 0 Å². The summed E-state index contributed by atoms with van der Waals surface area (Å²) < 4.78 is 13.1. The molecule has 6 heteroatoms. The number of benzene rings is 2. The summed E-state index contributed by atoms with van der Waals surface area (Å²) in [6.45, 7) is 2.82. The van der Waals surface area contributed by atoms with Crippen molar-refractivity contribution in [2.24, 2.45) is 4.99 Å². The smallest absolute Gasteiger partial charge is 0.182 e. The van der Waals surface area contributed by atoms with Crippen LogP contribution in [0.15, 0.2) is 47.5 Å². The van der Waals surface area contributed by atoms with Crippen LogP contribution in [0.1, 0.15) is 22.3 Å². The highest BCUT2D eigenvalue weighted by molar-refractivity contribution is 8.14. The predicted octanol–water partition coefficient (Wildman–Crippen LogP) is 4.97. The number of anilines is 1. The molecule has 2 aromatic carbocycles. The first-order valence-electron chi connectivity index (χ1n) is 8.05. The highest BCUT2D eigenvalue weighted by Gasteiger charge is 2.22. The molecule has 0 amide bonds. The van der Waals surface area contributed by atoms with Crippen LogP contribution in [0, 0.1) is 12.7 Å². The Morgan fingerprint density at radius 3 is 2.72 bits per heavy atom. The molecule has 1 heterocycles. The molecule has 1 aliphatic heterocycles. The molecule has 0 bridgehead atoms. The molecule has 1 aliphatic rings. The zero-order valence-corrected chi connectivity index (χ0v) is 15.4. The Hall–Kier alpha value is -1.85. The molecule has 0 aliphatic carbocycles. The molecule has 0 saturated heterocycles. The second kappa shape index (κ2) is 8.02. The van der Waals surface area contributed by atoms with Gasteiger partial charge in [0, 0.05) is 28.6 Å². The van der Waals surface area contributed by atoms with Gasteiger partial charge < -0.3 is 4.90 Å². The molecule has 0 spiro atoms. The second-order valence-corrected chi connectivity index (χ2v) is 7.24. The fraction of sp³-hybridized carbons (Fsp3) is 0.263. The number of ketones is 1. The van der Waals surface area contributed by atoms with Crippen molar-refractivity contribution in [3.05, 3.63) is 64.4 Å². The van der Waals surface area contributed by atoms with Crippen molar-refractivity contribution in [2.75, 3.05) is 23.7 Å². The second-order valence-electron chi connectivity index (χ2n) is 5.77. The number of carbonyl (C=O) groups excluding carboxylic acids is 1. The molecule has 0 radical (unpaired) electrons. The van der Waals surface area contributed by atoms with E-state index in [9.17, 15) is 9.18 Å². The number of thioether (sulfide) groups is 1. The normalized spacial score (nSPS) is 14.1. The van der Waals surface area contributed by atoms with E-state index in [4.69, 9.17) is 11.6 Å². The minimum atomic E-state index is -0.355. The maximum atomic E-state index is 13.1. The molecular formula is C19H18ClFN2OS. The van der Waals surface area contributed by atoms with E-state index in [-0.39, 0.29) is 18.1 Å². The standard InChI is InChI=1S/C19H18ClFN2OS/c1-13-16(20)4-2-5-17(13)23(19-22-10-3-11-25-19)12-18(24)14-6-8-15(21)9-7-14/h2,4-9H,3,10-12H2,1H3. The topological polar surface area (TPSA) is 32.7 Å². The molecule has 3 rings (SSSR count). The van der Waals surface area contributed by atoms with E-state index < -0.39 is 0 Å². The van der Waals surface area contributed by atoms with Gasteiger partial charge in [-0.05, 0) is 55.3 Å². The van der Waals surface area contributed by atoms with Gasteiger partial charge in [-0.15, -0.1) is 0 Å². The van der Waals surface area contributed by atoms with Crippen LogP contribution in [-0.2, 0) is 0 Å². The first-order chi connectivity index (χ1) is 12.1. The monoisotopic (exact) mass is 376 g/mol. The quantitative estimate of drug-likeness (QED) is 0.706. The molecule has 130 valence electrons. The van der Waals surface area contributed by atoms with Gasteiger partial charge in [-0.1, -0.05) is 29.4 Å². The zero-order valence-electron chi connectivity index (χ0n) is 13.8. The number of carbonyl (C=O) groups is 1. The van der Waals surface area contributed by atoms with Gasteiger partial charge in [-0.3, -0.25) is 9.79 Å². The van der Waals surface area contributed by atoms with Crippen LogP contribution in [0.4, 0.5) is 10.1 Å². The number of aliphatic imine (C=N–C) groups is 1. The van der Waals surface area contributed by atoms with Crippen LogP contribution in [0.25, 0.3) is 0 Å². The lowest BCUT2D eigenvalue weighted by molar-refractivity contribution is 0.100. The van der Waals surface area contributed by atoms with Crippen molar-refractivity contribution in [3.63, 3.8) is 0 Å². The van der Waals surface area contributed by atoms with E-state index in [1.165, 1.54) is 24.3 Å². The van der Waals surface area contributed by atoms with Crippen molar-refractivity contribution in [2.45, 2.75) is 13.3 Å². The fourth-order valence-electron chi connectivity index (χ4n) is 2.63. The molecule has 0 fully saturated rings. The minimum absolute atomic E-state index is 0.0896. The molecule has 0 N–H and O–H groups in total. The Kier molecular flexibility index (Phi) is 5.76. The molecule has 0 atom stereocenters. The third kappa shape index (κ3) is 4.22. The van der Waals surface area contributed by atoms with Gasteiger partial charge in [-0.2, -0.15) is 0 Å². The van der Waals surface area contributed by atoms with E-state index >= 15 is 0 Å². The average Bonchev–Trinajstić information content (AvgIpc) is 2.63. The first kappa shape index (κ1) is 18.0. The summed E-state index contributed by atoms with van der Waals surface area (Å²) in [6.07, 6.45) is 1.03. The first-order valence-corrected chi connectivity index (χ1v) is 9.41. The summed E-state index contributed by atoms with van der Waals surface area (Å²) in [4.78, 5) is 19.2. The van der Waals surface area contributed by atoms with Crippen molar-refractivity contribution >= 4 is 40.0 Å². The zero-order chi connectivity index (χ0) is 17.8. The molecular weight excluding hydrogens is 359 g/mol. The summed E-state index contributed by atoms with van der Waals surface area (Å²) in [5.41, 5.74) is 2.26. The van der Waals surface area contributed by atoms with Gasteiger partial charge in [0.15, 0.2) is 11.0 Å². The van der Waals surface area contributed by atoms with Gasteiger partial charge in [0.25, 0.3) is 0 Å². The minimum Gasteiger partial charge on any atom is -0.313 e. The number of halogens is 2. The number of rotatable bonds is 4. The Balaban J connectivity index is 1.94.